The largest absolute Gasteiger partial charge is 0.507 e. The average molecular weight is 551 g/mol. The van der Waals surface area contributed by atoms with Gasteiger partial charge in [0.05, 0.1) is 38.0 Å². The predicted octanol–water partition coefficient (Wildman–Crippen LogP) is 5.11. The number of ether oxygens (including phenoxy) is 3. The second-order valence-corrected chi connectivity index (χ2v) is 10.3. The topological polar surface area (TPSA) is 88.5 Å². The van der Waals surface area contributed by atoms with Crippen LogP contribution in [-0.2, 0) is 14.3 Å². The maximum atomic E-state index is 13.4. The monoisotopic (exact) mass is 550 g/mol. The minimum atomic E-state index is -0.690. The first-order valence-corrected chi connectivity index (χ1v) is 14.5. The Kier molecular flexibility index (Phi) is 10.6. The molecule has 1 amide bonds. The molecule has 2 heterocycles. The number of likely N-dealkylation sites (tertiary alicyclic amines) is 1. The number of carbonyl (C=O) groups is 2. The van der Waals surface area contributed by atoms with Gasteiger partial charge in [0.2, 0.25) is 0 Å². The van der Waals surface area contributed by atoms with Gasteiger partial charge in [0.25, 0.3) is 11.7 Å². The molecule has 0 bridgehead atoms. The van der Waals surface area contributed by atoms with E-state index in [1.54, 1.807) is 17.0 Å². The second-order valence-electron chi connectivity index (χ2n) is 10.3. The van der Waals surface area contributed by atoms with Crippen LogP contribution in [0.3, 0.4) is 0 Å². The number of aliphatic hydroxyl groups excluding tert-OH is 1. The number of benzene rings is 2. The Labute approximate surface area is 237 Å². The van der Waals surface area contributed by atoms with Gasteiger partial charge in [-0.2, -0.15) is 0 Å². The third kappa shape index (κ3) is 7.04. The van der Waals surface area contributed by atoms with E-state index in [0.29, 0.717) is 50.7 Å². The highest BCUT2D eigenvalue weighted by molar-refractivity contribution is 6.46. The molecular formula is C32H42N2O6. The summed E-state index contributed by atoms with van der Waals surface area (Å²) in [6.07, 6.45) is 3.94. The van der Waals surface area contributed by atoms with Crippen LogP contribution < -0.4 is 9.47 Å². The first-order valence-electron chi connectivity index (χ1n) is 14.5. The fourth-order valence-electron chi connectivity index (χ4n) is 5.34. The molecule has 0 spiro atoms. The third-order valence-electron chi connectivity index (χ3n) is 7.49. The van der Waals surface area contributed by atoms with Crippen molar-refractivity contribution in [3.63, 3.8) is 0 Å². The summed E-state index contributed by atoms with van der Waals surface area (Å²) in [7, 11) is 0. The lowest BCUT2D eigenvalue weighted by Crippen LogP contribution is -2.38. The van der Waals surface area contributed by atoms with E-state index in [-0.39, 0.29) is 11.3 Å². The maximum Gasteiger partial charge on any atom is 0.295 e. The van der Waals surface area contributed by atoms with E-state index in [0.717, 1.165) is 55.8 Å². The van der Waals surface area contributed by atoms with Crippen molar-refractivity contribution in [3.05, 3.63) is 64.7 Å². The molecule has 1 atom stereocenters. The smallest absolute Gasteiger partial charge is 0.295 e. The van der Waals surface area contributed by atoms with Crippen molar-refractivity contribution >= 4 is 17.4 Å². The van der Waals surface area contributed by atoms with Crippen LogP contribution >= 0.6 is 0 Å². The number of aryl methyl sites for hydroxylation is 1. The van der Waals surface area contributed by atoms with Crippen LogP contribution in [0.15, 0.2) is 48.0 Å². The second kappa shape index (κ2) is 14.3. The van der Waals surface area contributed by atoms with Gasteiger partial charge < -0.3 is 24.2 Å². The standard InChI is InChI=1S/C32H42N2O6/c1-4-6-7-19-40-25-11-9-24(10-12-25)29-28(30(35)27-14-13-26(39-5-2)22-23(27)3)31(36)32(37)34(29)16-8-15-33-17-20-38-21-18-33/h9-14,22,29,35H,4-8,15-21H2,1-3H3/b30-28+. The van der Waals surface area contributed by atoms with Gasteiger partial charge in [-0.25, -0.2) is 0 Å². The molecule has 0 aliphatic carbocycles. The number of hydrogen-bond donors (Lipinski definition) is 1. The van der Waals surface area contributed by atoms with Crippen molar-refractivity contribution in [2.24, 2.45) is 0 Å². The van der Waals surface area contributed by atoms with Crippen molar-refractivity contribution in [3.8, 4) is 11.5 Å². The van der Waals surface area contributed by atoms with Crippen LogP contribution in [0.5, 0.6) is 11.5 Å². The number of Topliss-reactive ketones (excluding diaryl/α,β-unsaturated/α-hetero) is 1. The van der Waals surface area contributed by atoms with E-state index in [1.807, 2.05) is 44.2 Å². The molecule has 4 rings (SSSR count). The molecule has 0 aromatic heterocycles. The van der Waals surface area contributed by atoms with E-state index < -0.39 is 17.7 Å². The van der Waals surface area contributed by atoms with Gasteiger partial charge in [-0.05, 0) is 68.1 Å². The minimum absolute atomic E-state index is 0.111. The molecule has 1 unspecified atom stereocenters. The Bertz CT molecular complexity index is 1190. The molecule has 0 radical (unpaired) electrons. The quantitative estimate of drug-likeness (QED) is 0.161. The zero-order valence-electron chi connectivity index (χ0n) is 24.0. The molecule has 0 saturated carbocycles. The molecular weight excluding hydrogens is 508 g/mol. The number of morpholine rings is 1. The molecule has 1 N–H and O–H groups in total. The van der Waals surface area contributed by atoms with Crippen LogP contribution in [0.2, 0.25) is 0 Å². The summed E-state index contributed by atoms with van der Waals surface area (Å²) in [5.41, 5.74) is 2.14. The molecule has 2 aliphatic heterocycles. The highest BCUT2D eigenvalue weighted by atomic mass is 16.5. The number of rotatable bonds is 13. The molecule has 2 aliphatic rings. The van der Waals surface area contributed by atoms with E-state index in [2.05, 4.69) is 11.8 Å². The van der Waals surface area contributed by atoms with Gasteiger partial charge in [0.15, 0.2) is 0 Å². The molecule has 2 aromatic rings. The zero-order valence-corrected chi connectivity index (χ0v) is 24.0. The average Bonchev–Trinajstić information content (AvgIpc) is 3.21. The number of carbonyl (C=O) groups excluding carboxylic acids is 2. The molecule has 2 fully saturated rings. The third-order valence-corrected chi connectivity index (χ3v) is 7.49. The first-order chi connectivity index (χ1) is 19.4. The SMILES string of the molecule is CCCCCOc1ccc(C2/C(=C(\O)c3ccc(OCC)cc3C)C(=O)C(=O)N2CCCN2CCOCC2)cc1. The Balaban J connectivity index is 1.64. The summed E-state index contributed by atoms with van der Waals surface area (Å²) >= 11 is 0. The number of ketones is 1. The van der Waals surface area contributed by atoms with E-state index >= 15 is 0 Å². The summed E-state index contributed by atoms with van der Waals surface area (Å²) in [4.78, 5) is 30.7. The van der Waals surface area contributed by atoms with Crippen molar-refractivity contribution < 1.29 is 28.9 Å². The maximum absolute atomic E-state index is 13.4. The molecule has 8 nitrogen and oxygen atoms in total. The molecule has 40 heavy (non-hydrogen) atoms. The van der Waals surface area contributed by atoms with Crippen molar-refractivity contribution in [2.45, 2.75) is 52.5 Å². The number of aliphatic hydroxyl groups is 1. The summed E-state index contributed by atoms with van der Waals surface area (Å²) in [5.74, 6) is 0.0104. The van der Waals surface area contributed by atoms with Gasteiger partial charge in [-0.3, -0.25) is 14.5 Å². The Morgan fingerprint density at radius 1 is 0.950 bits per heavy atom. The van der Waals surface area contributed by atoms with Crippen LogP contribution in [0.1, 0.15) is 62.3 Å². The summed E-state index contributed by atoms with van der Waals surface area (Å²) in [5, 5.41) is 11.5. The number of unbranched alkanes of at least 4 members (excludes halogenated alkanes) is 2. The van der Waals surface area contributed by atoms with Crippen molar-refractivity contribution in [1.82, 2.24) is 9.80 Å². The Morgan fingerprint density at radius 3 is 2.35 bits per heavy atom. The van der Waals surface area contributed by atoms with E-state index in [9.17, 15) is 14.7 Å². The molecule has 2 aromatic carbocycles. The van der Waals surface area contributed by atoms with E-state index in [4.69, 9.17) is 14.2 Å². The van der Waals surface area contributed by atoms with Crippen LogP contribution in [0.25, 0.3) is 5.76 Å². The fourth-order valence-corrected chi connectivity index (χ4v) is 5.34. The first kappa shape index (κ1) is 29.6. The molecule has 2 saturated heterocycles. The van der Waals surface area contributed by atoms with Crippen LogP contribution in [0, 0.1) is 6.92 Å². The normalized spacial score (nSPS) is 19.3. The lowest BCUT2D eigenvalue weighted by molar-refractivity contribution is -0.140. The van der Waals surface area contributed by atoms with Gasteiger partial charge in [0.1, 0.15) is 17.3 Å². The highest BCUT2D eigenvalue weighted by Crippen LogP contribution is 2.40. The van der Waals surface area contributed by atoms with Gasteiger partial charge in [0, 0.05) is 31.7 Å². The summed E-state index contributed by atoms with van der Waals surface area (Å²) in [6, 6.07) is 12.2. The van der Waals surface area contributed by atoms with Crippen molar-refractivity contribution in [1.29, 1.82) is 0 Å². The van der Waals surface area contributed by atoms with E-state index in [1.165, 1.54) is 0 Å². The van der Waals surface area contributed by atoms with Gasteiger partial charge in [-0.15, -0.1) is 0 Å². The Morgan fingerprint density at radius 2 is 1.68 bits per heavy atom. The number of amides is 1. The number of nitrogens with zero attached hydrogens (tertiary/aromatic N) is 2. The fraction of sp³-hybridized carbons (Fsp3) is 0.500. The highest BCUT2D eigenvalue weighted by Gasteiger charge is 2.46. The summed E-state index contributed by atoms with van der Waals surface area (Å²) < 4.78 is 16.9. The lowest BCUT2D eigenvalue weighted by Gasteiger charge is -2.29. The number of hydrogen-bond acceptors (Lipinski definition) is 7. The lowest BCUT2D eigenvalue weighted by atomic mass is 9.93. The van der Waals surface area contributed by atoms with Crippen molar-refractivity contribution in [2.75, 3.05) is 52.6 Å². The van der Waals surface area contributed by atoms with Crippen LogP contribution in [-0.4, -0.2) is 79.2 Å². The Hall–Kier alpha value is -3.36. The molecule has 216 valence electrons. The minimum Gasteiger partial charge on any atom is -0.507 e. The summed E-state index contributed by atoms with van der Waals surface area (Å²) in [6.45, 7) is 11.4. The predicted molar refractivity (Wildman–Crippen MR) is 155 cm³/mol. The van der Waals surface area contributed by atoms with Gasteiger partial charge >= 0.3 is 0 Å². The molecule has 8 heteroatoms. The van der Waals surface area contributed by atoms with Crippen LogP contribution in [0.4, 0.5) is 0 Å². The zero-order chi connectivity index (χ0) is 28.5. The van der Waals surface area contributed by atoms with Gasteiger partial charge in [-0.1, -0.05) is 31.9 Å².